The largest absolute Gasteiger partial charge is 0.342 e. The van der Waals surface area contributed by atoms with Crippen molar-refractivity contribution in [3.63, 3.8) is 0 Å². The fourth-order valence-corrected chi connectivity index (χ4v) is 3.87. The van der Waals surface area contributed by atoms with Crippen LogP contribution in [-0.2, 0) is 10.2 Å². The summed E-state index contributed by atoms with van der Waals surface area (Å²) in [6.07, 6.45) is 7.60. The third-order valence-electron chi connectivity index (χ3n) is 5.46. The fraction of sp³-hybridized carbons (Fsp3) is 0.450. The molecule has 2 heterocycles. The molecule has 0 bridgehead atoms. The zero-order valence-corrected chi connectivity index (χ0v) is 14.1. The number of hydrogen-bond acceptors (Lipinski definition) is 3. The highest BCUT2D eigenvalue weighted by Gasteiger charge is 2.53. The summed E-state index contributed by atoms with van der Waals surface area (Å²) in [7, 11) is 0. The van der Waals surface area contributed by atoms with Gasteiger partial charge in [-0.25, -0.2) is 0 Å². The lowest BCUT2D eigenvalue weighted by Gasteiger charge is -2.34. The van der Waals surface area contributed by atoms with Gasteiger partial charge in [-0.15, -0.1) is 0 Å². The molecule has 2 aromatic rings. The maximum Gasteiger partial charge on any atom is 0.233 e. The molecular weight excluding hydrogens is 298 g/mol. The summed E-state index contributed by atoms with van der Waals surface area (Å²) in [5.41, 5.74) is 2.98. The molecule has 1 aromatic carbocycles. The minimum absolute atomic E-state index is 0.239. The van der Waals surface area contributed by atoms with Crippen LogP contribution in [0, 0.1) is 6.92 Å². The average Bonchev–Trinajstić information content (AvgIpc) is 3.44. The van der Waals surface area contributed by atoms with Gasteiger partial charge in [0.15, 0.2) is 0 Å². The lowest BCUT2D eigenvalue weighted by molar-refractivity contribution is -0.135. The minimum Gasteiger partial charge on any atom is -0.342 e. The van der Waals surface area contributed by atoms with Gasteiger partial charge in [0, 0.05) is 31.4 Å². The van der Waals surface area contributed by atoms with Gasteiger partial charge < -0.3 is 4.90 Å². The van der Waals surface area contributed by atoms with Gasteiger partial charge in [-0.2, -0.15) is 0 Å². The number of carbonyl (C=O) groups is 1. The third kappa shape index (κ3) is 2.70. The molecule has 0 unspecified atom stereocenters. The molecular formula is C20H23N3O. The Balaban J connectivity index is 1.44. The lowest BCUT2D eigenvalue weighted by Crippen LogP contribution is -2.43. The van der Waals surface area contributed by atoms with Crippen molar-refractivity contribution in [3.05, 3.63) is 59.7 Å². The number of piperidine rings is 1. The number of aryl methyl sites for hydroxylation is 1. The summed E-state index contributed by atoms with van der Waals surface area (Å²) in [5.74, 6) is 0.746. The molecule has 1 aliphatic heterocycles. The number of benzene rings is 1. The Hall–Kier alpha value is -2.23. The fourth-order valence-electron chi connectivity index (χ4n) is 3.87. The standard InChI is InChI=1S/C20H23N3O/c1-15-13-21-14-18(22-15)16-7-11-23(12-8-16)19(24)20(9-10-20)17-5-3-2-4-6-17/h2-6,13-14,16H,7-12H2,1H3. The lowest BCUT2D eigenvalue weighted by atomic mass is 9.90. The van der Waals surface area contributed by atoms with Crippen molar-refractivity contribution in [1.82, 2.24) is 14.9 Å². The molecule has 4 nitrogen and oxygen atoms in total. The van der Waals surface area contributed by atoms with Gasteiger partial charge in [0.25, 0.3) is 0 Å². The minimum atomic E-state index is -0.239. The molecule has 0 spiro atoms. The molecule has 1 saturated carbocycles. The highest BCUT2D eigenvalue weighted by Crippen LogP contribution is 2.50. The Labute approximate surface area is 142 Å². The first-order valence-electron chi connectivity index (χ1n) is 8.82. The quantitative estimate of drug-likeness (QED) is 0.872. The first-order chi connectivity index (χ1) is 11.7. The number of aromatic nitrogens is 2. The number of hydrogen-bond donors (Lipinski definition) is 0. The van der Waals surface area contributed by atoms with Crippen molar-refractivity contribution in [2.45, 2.75) is 43.9 Å². The van der Waals surface area contributed by atoms with Gasteiger partial charge in [0.2, 0.25) is 5.91 Å². The van der Waals surface area contributed by atoms with E-state index in [1.165, 1.54) is 5.56 Å². The van der Waals surface area contributed by atoms with Gasteiger partial charge >= 0.3 is 0 Å². The van der Waals surface area contributed by atoms with Crippen LogP contribution in [0.2, 0.25) is 0 Å². The second kappa shape index (κ2) is 6.00. The Morgan fingerprint density at radius 3 is 2.46 bits per heavy atom. The number of rotatable bonds is 3. The van der Waals surface area contributed by atoms with Gasteiger partial charge in [0.05, 0.1) is 16.8 Å². The Kier molecular flexibility index (Phi) is 3.83. The molecule has 0 radical (unpaired) electrons. The van der Waals surface area contributed by atoms with Crippen LogP contribution < -0.4 is 0 Å². The van der Waals surface area contributed by atoms with Crippen molar-refractivity contribution in [1.29, 1.82) is 0 Å². The van der Waals surface area contributed by atoms with Crippen molar-refractivity contribution in [2.75, 3.05) is 13.1 Å². The maximum absolute atomic E-state index is 13.1. The van der Waals surface area contributed by atoms with Gasteiger partial charge in [-0.3, -0.25) is 14.8 Å². The first kappa shape index (κ1) is 15.3. The van der Waals surface area contributed by atoms with Gasteiger partial charge in [-0.05, 0) is 38.2 Å². The van der Waals surface area contributed by atoms with E-state index in [-0.39, 0.29) is 5.41 Å². The number of nitrogens with zero attached hydrogens (tertiary/aromatic N) is 3. The Morgan fingerprint density at radius 1 is 1.12 bits per heavy atom. The number of amides is 1. The topological polar surface area (TPSA) is 46.1 Å². The molecule has 4 rings (SSSR count). The van der Waals surface area contributed by atoms with E-state index >= 15 is 0 Å². The molecule has 0 N–H and O–H groups in total. The van der Waals surface area contributed by atoms with E-state index in [9.17, 15) is 4.79 Å². The smallest absolute Gasteiger partial charge is 0.233 e. The van der Waals surface area contributed by atoms with Crippen LogP contribution in [0.1, 0.15) is 48.6 Å². The Morgan fingerprint density at radius 2 is 1.83 bits per heavy atom. The normalized spacial score (nSPS) is 20.0. The predicted molar refractivity (Wildman–Crippen MR) is 92.7 cm³/mol. The monoisotopic (exact) mass is 321 g/mol. The van der Waals surface area contributed by atoms with Crippen molar-refractivity contribution >= 4 is 5.91 Å². The second-order valence-electron chi connectivity index (χ2n) is 7.10. The second-order valence-corrected chi connectivity index (χ2v) is 7.10. The molecule has 1 amide bonds. The molecule has 1 aliphatic carbocycles. The molecule has 0 atom stereocenters. The summed E-state index contributed by atoms with van der Waals surface area (Å²) >= 11 is 0. The molecule has 124 valence electrons. The molecule has 1 aromatic heterocycles. The van der Waals surface area contributed by atoms with Crippen molar-refractivity contribution in [3.8, 4) is 0 Å². The number of likely N-dealkylation sites (tertiary alicyclic amines) is 1. The molecule has 4 heteroatoms. The summed E-state index contributed by atoms with van der Waals surface area (Å²) in [5, 5.41) is 0. The number of carbonyl (C=O) groups excluding carboxylic acids is 1. The van der Waals surface area contributed by atoms with E-state index in [4.69, 9.17) is 0 Å². The maximum atomic E-state index is 13.1. The highest BCUT2D eigenvalue weighted by molar-refractivity contribution is 5.91. The van der Waals surface area contributed by atoms with E-state index in [1.54, 1.807) is 6.20 Å². The van der Waals surface area contributed by atoms with Crippen molar-refractivity contribution < 1.29 is 4.79 Å². The summed E-state index contributed by atoms with van der Waals surface area (Å²) < 4.78 is 0. The summed E-state index contributed by atoms with van der Waals surface area (Å²) in [6.45, 7) is 3.63. The zero-order valence-electron chi connectivity index (χ0n) is 14.1. The summed E-state index contributed by atoms with van der Waals surface area (Å²) in [6, 6.07) is 10.3. The zero-order chi connectivity index (χ0) is 16.6. The van der Waals surface area contributed by atoms with Crippen LogP contribution in [0.5, 0.6) is 0 Å². The van der Waals surface area contributed by atoms with Gasteiger partial charge in [0.1, 0.15) is 0 Å². The molecule has 24 heavy (non-hydrogen) atoms. The average molecular weight is 321 g/mol. The van der Waals surface area contributed by atoms with E-state index in [0.29, 0.717) is 11.8 Å². The predicted octanol–water partition coefficient (Wildman–Crippen LogP) is 3.22. The van der Waals surface area contributed by atoms with Crippen LogP contribution in [0.25, 0.3) is 0 Å². The van der Waals surface area contributed by atoms with Crippen LogP contribution in [0.4, 0.5) is 0 Å². The van der Waals surface area contributed by atoms with Crippen LogP contribution in [-0.4, -0.2) is 33.9 Å². The molecule has 2 fully saturated rings. The van der Waals surface area contributed by atoms with E-state index in [0.717, 1.165) is 50.2 Å². The van der Waals surface area contributed by atoms with E-state index in [2.05, 4.69) is 27.0 Å². The van der Waals surface area contributed by atoms with Gasteiger partial charge in [-0.1, -0.05) is 30.3 Å². The van der Waals surface area contributed by atoms with Crippen LogP contribution in [0.15, 0.2) is 42.7 Å². The third-order valence-corrected chi connectivity index (χ3v) is 5.46. The molecule has 1 saturated heterocycles. The van der Waals surface area contributed by atoms with Crippen LogP contribution in [0.3, 0.4) is 0 Å². The highest BCUT2D eigenvalue weighted by atomic mass is 16.2. The molecule has 2 aliphatic rings. The summed E-state index contributed by atoms with van der Waals surface area (Å²) in [4.78, 5) is 24.0. The first-order valence-corrected chi connectivity index (χ1v) is 8.82. The van der Waals surface area contributed by atoms with E-state index < -0.39 is 0 Å². The SMILES string of the molecule is Cc1cncc(C2CCN(C(=O)C3(c4ccccc4)CC3)CC2)n1. The Bertz CT molecular complexity index is 732. The van der Waals surface area contributed by atoms with Crippen molar-refractivity contribution in [2.24, 2.45) is 0 Å². The van der Waals surface area contributed by atoms with Crippen LogP contribution >= 0.6 is 0 Å². The van der Waals surface area contributed by atoms with E-state index in [1.807, 2.05) is 31.3 Å².